The Kier molecular flexibility index (Phi) is 4.24. The van der Waals surface area contributed by atoms with Crippen LogP contribution >= 0.6 is 0 Å². The second kappa shape index (κ2) is 6.81. The Hall–Kier alpha value is -2.99. The van der Waals surface area contributed by atoms with E-state index < -0.39 is 0 Å². The first-order valence-electron chi connectivity index (χ1n) is 10.1. The van der Waals surface area contributed by atoms with E-state index in [-0.39, 0.29) is 11.6 Å². The molecule has 0 aliphatic carbocycles. The molecule has 3 aromatic heterocycles. The molecule has 1 aliphatic heterocycles. The molecule has 1 aromatic carbocycles. The van der Waals surface area contributed by atoms with E-state index in [0.29, 0.717) is 5.39 Å². The van der Waals surface area contributed by atoms with E-state index in [4.69, 9.17) is 0 Å². The Balaban J connectivity index is 1.56. The molecule has 0 unspecified atom stereocenters. The molecule has 4 heterocycles. The van der Waals surface area contributed by atoms with Crippen molar-refractivity contribution in [2.24, 2.45) is 7.05 Å². The summed E-state index contributed by atoms with van der Waals surface area (Å²) in [6.07, 6.45) is 7.74. The van der Waals surface area contributed by atoms with Crippen molar-refractivity contribution in [3.63, 3.8) is 0 Å². The number of benzene rings is 1. The van der Waals surface area contributed by atoms with Gasteiger partial charge < -0.3 is 9.47 Å². The van der Waals surface area contributed by atoms with Gasteiger partial charge in [0.1, 0.15) is 0 Å². The minimum absolute atomic E-state index is 0.0648. The zero-order valence-corrected chi connectivity index (χ0v) is 17.1. The third kappa shape index (κ3) is 3.13. The number of aromatic nitrogens is 4. The van der Waals surface area contributed by atoms with Crippen LogP contribution in [0, 0.1) is 6.92 Å². The van der Waals surface area contributed by atoms with Gasteiger partial charge in [-0.25, -0.2) is 0 Å². The maximum absolute atomic E-state index is 13.1. The highest BCUT2D eigenvalue weighted by atomic mass is 16.1. The van der Waals surface area contributed by atoms with Crippen LogP contribution in [0.3, 0.4) is 0 Å². The van der Waals surface area contributed by atoms with E-state index in [0.717, 1.165) is 59.0 Å². The van der Waals surface area contributed by atoms with E-state index >= 15 is 0 Å². The van der Waals surface area contributed by atoms with Gasteiger partial charge in [-0.2, -0.15) is 5.10 Å². The molecule has 148 valence electrons. The number of rotatable bonds is 2. The van der Waals surface area contributed by atoms with Crippen LogP contribution in [-0.4, -0.2) is 44.4 Å². The zero-order valence-electron chi connectivity index (χ0n) is 17.1. The topological polar surface area (TPSA) is 56.0 Å². The van der Waals surface area contributed by atoms with Crippen LogP contribution in [0.4, 0.5) is 0 Å². The molecule has 0 spiro atoms. The lowest BCUT2D eigenvalue weighted by atomic mass is 10.0. The quantitative estimate of drug-likeness (QED) is 0.528. The lowest BCUT2D eigenvalue weighted by Crippen LogP contribution is -2.35. The van der Waals surface area contributed by atoms with Gasteiger partial charge in [-0.1, -0.05) is 0 Å². The molecular weight excluding hydrogens is 362 g/mol. The number of likely N-dealkylation sites (tertiary alicyclic amines) is 1. The average molecular weight is 387 g/mol. The molecule has 5 rings (SSSR count). The average Bonchev–Trinajstić information content (AvgIpc) is 3.10. The lowest BCUT2D eigenvalue weighted by molar-refractivity contribution is 0.219. The standard InChI is InChI=1S/C23H25N5O/c1-15-10-17(11-18-14-27(3)25-22(15)18)21-12-16-4-9-28(23(29)20(16)13-24-21)19-5-7-26(2)8-6-19/h4,9-14,19H,5-8H2,1-3H3. The number of pyridine rings is 2. The number of hydrogen-bond acceptors (Lipinski definition) is 4. The highest BCUT2D eigenvalue weighted by molar-refractivity contribution is 5.89. The van der Waals surface area contributed by atoms with Gasteiger partial charge >= 0.3 is 0 Å². The summed E-state index contributed by atoms with van der Waals surface area (Å²) in [6.45, 7) is 4.13. The summed E-state index contributed by atoms with van der Waals surface area (Å²) in [5.74, 6) is 0. The van der Waals surface area contributed by atoms with Crippen LogP contribution in [0.25, 0.3) is 32.9 Å². The smallest absolute Gasteiger partial charge is 0.260 e. The van der Waals surface area contributed by atoms with Crippen LogP contribution < -0.4 is 5.56 Å². The minimum Gasteiger partial charge on any atom is -0.312 e. The molecule has 0 N–H and O–H groups in total. The summed E-state index contributed by atoms with van der Waals surface area (Å²) in [6, 6.07) is 8.58. The van der Waals surface area contributed by atoms with Crippen LogP contribution in [0.5, 0.6) is 0 Å². The predicted octanol–water partition coefficient (Wildman–Crippen LogP) is 3.53. The summed E-state index contributed by atoms with van der Waals surface area (Å²) in [7, 11) is 4.07. The van der Waals surface area contributed by atoms with Gasteiger partial charge in [0.2, 0.25) is 0 Å². The molecule has 6 nitrogen and oxygen atoms in total. The maximum atomic E-state index is 13.1. The van der Waals surface area contributed by atoms with E-state index in [9.17, 15) is 4.79 Å². The van der Waals surface area contributed by atoms with Crippen LogP contribution in [0.2, 0.25) is 0 Å². The molecule has 0 amide bonds. The Bertz CT molecular complexity index is 1280. The molecule has 1 saturated heterocycles. The van der Waals surface area contributed by atoms with Gasteiger partial charge in [0.05, 0.1) is 16.6 Å². The Labute approximate surface area is 169 Å². The highest BCUT2D eigenvalue weighted by Crippen LogP contribution is 2.27. The van der Waals surface area contributed by atoms with Gasteiger partial charge in [-0.15, -0.1) is 0 Å². The van der Waals surface area contributed by atoms with Crippen molar-refractivity contribution in [3.8, 4) is 11.3 Å². The largest absolute Gasteiger partial charge is 0.312 e. The molecule has 29 heavy (non-hydrogen) atoms. The van der Waals surface area contributed by atoms with Gasteiger partial charge in [-0.3, -0.25) is 14.5 Å². The Morgan fingerprint density at radius 2 is 1.86 bits per heavy atom. The highest BCUT2D eigenvalue weighted by Gasteiger charge is 2.20. The van der Waals surface area contributed by atoms with Crippen molar-refractivity contribution >= 4 is 21.7 Å². The molecule has 0 atom stereocenters. The van der Waals surface area contributed by atoms with Crippen molar-refractivity contribution < 1.29 is 0 Å². The Morgan fingerprint density at radius 1 is 1.07 bits per heavy atom. The van der Waals surface area contributed by atoms with Gasteiger partial charge in [-0.05, 0) is 75.1 Å². The molecule has 0 radical (unpaired) electrons. The third-order valence-electron chi connectivity index (χ3n) is 6.11. The van der Waals surface area contributed by atoms with E-state index in [1.807, 2.05) is 34.8 Å². The van der Waals surface area contributed by atoms with Crippen molar-refractivity contribution in [3.05, 3.63) is 58.8 Å². The molecule has 0 bridgehead atoms. The van der Waals surface area contributed by atoms with Gasteiger partial charge in [0.15, 0.2) is 0 Å². The summed E-state index contributed by atoms with van der Waals surface area (Å²) in [5, 5.41) is 7.24. The predicted molar refractivity (Wildman–Crippen MR) is 116 cm³/mol. The number of hydrogen-bond donors (Lipinski definition) is 0. The molecule has 1 fully saturated rings. The normalized spacial score (nSPS) is 16.1. The number of fused-ring (bicyclic) bond motifs is 2. The van der Waals surface area contributed by atoms with Crippen LogP contribution in [0.15, 0.2) is 47.7 Å². The fourth-order valence-electron chi connectivity index (χ4n) is 4.45. The van der Waals surface area contributed by atoms with Crippen LogP contribution in [-0.2, 0) is 7.05 Å². The second-order valence-electron chi connectivity index (χ2n) is 8.25. The SMILES string of the molecule is Cc1cc(-c2cc3ccn(C4CCN(C)CC4)c(=O)c3cn2)cc2cn(C)nc12. The van der Waals surface area contributed by atoms with E-state index in [1.54, 1.807) is 6.20 Å². The molecule has 0 saturated carbocycles. The maximum Gasteiger partial charge on any atom is 0.260 e. The number of piperidine rings is 1. The summed E-state index contributed by atoms with van der Waals surface area (Å²) in [4.78, 5) is 20.0. The van der Waals surface area contributed by atoms with Crippen molar-refractivity contribution in [2.75, 3.05) is 20.1 Å². The van der Waals surface area contributed by atoms with Crippen LogP contribution in [0.1, 0.15) is 24.4 Å². The first kappa shape index (κ1) is 18.1. The van der Waals surface area contributed by atoms with Gasteiger partial charge in [0, 0.05) is 42.6 Å². The fourth-order valence-corrected chi connectivity index (χ4v) is 4.45. The first-order valence-corrected chi connectivity index (χ1v) is 10.1. The molecule has 1 aliphatic rings. The molecule has 6 heteroatoms. The van der Waals surface area contributed by atoms with Crippen molar-refractivity contribution in [1.82, 2.24) is 24.2 Å². The third-order valence-corrected chi connectivity index (χ3v) is 6.11. The Morgan fingerprint density at radius 3 is 2.66 bits per heavy atom. The summed E-state index contributed by atoms with van der Waals surface area (Å²) >= 11 is 0. The van der Waals surface area contributed by atoms with Crippen molar-refractivity contribution in [2.45, 2.75) is 25.8 Å². The number of aryl methyl sites for hydroxylation is 2. The fraction of sp³-hybridized carbons (Fsp3) is 0.348. The van der Waals surface area contributed by atoms with E-state index in [1.165, 1.54) is 0 Å². The number of nitrogens with zero attached hydrogens (tertiary/aromatic N) is 5. The second-order valence-corrected chi connectivity index (χ2v) is 8.25. The zero-order chi connectivity index (χ0) is 20.1. The first-order chi connectivity index (χ1) is 14.0. The summed E-state index contributed by atoms with van der Waals surface area (Å²) in [5.41, 5.74) is 4.12. The minimum atomic E-state index is 0.0648. The summed E-state index contributed by atoms with van der Waals surface area (Å²) < 4.78 is 3.74. The molecular formula is C23H25N5O. The van der Waals surface area contributed by atoms with E-state index in [2.05, 4.69) is 47.2 Å². The lowest BCUT2D eigenvalue weighted by Gasteiger charge is -2.30. The van der Waals surface area contributed by atoms with Gasteiger partial charge in [0.25, 0.3) is 5.56 Å². The molecule has 4 aromatic rings. The monoisotopic (exact) mass is 387 g/mol. The van der Waals surface area contributed by atoms with Crippen molar-refractivity contribution in [1.29, 1.82) is 0 Å².